The average molecular weight is 364 g/mol. The van der Waals surface area contributed by atoms with E-state index in [0.717, 1.165) is 31.7 Å². The van der Waals surface area contributed by atoms with Crippen molar-refractivity contribution < 1.29 is 14.3 Å². The molecule has 0 fully saturated rings. The molecule has 0 unspecified atom stereocenters. The van der Waals surface area contributed by atoms with Crippen LogP contribution in [0.1, 0.15) is 19.8 Å². The first-order valence-electron chi connectivity index (χ1n) is 9.11. The Bertz CT molecular complexity index is 521. The summed E-state index contributed by atoms with van der Waals surface area (Å²) in [7, 11) is 3.45. The normalized spacial score (nSPS) is 11.1. The minimum absolute atomic E-state index is 0.0344. The SMILES string of the molecule is CCOCCCNC(=NCC(=O)N(C)C)NCCCOc1ccccc1. The largest absolute Gasteiger partial charge is 0.494 e. The number of likely N-dealkylation sites (N-methyl/N-ethyl adjacent to an activating group) is 1. The average Bonchev–Trinajstić information content (AvgIpc) is 2.65. The number of nitrogens with zero attached hydrogens (tertiary/aromatic N) is 2. The molecule has 1 aromatic carbocycles. The third-order valence-electron chi connectivity index (χ3n) is 3.46. The first-order valence-corrected chi connectivity index (χ1v) is 9.11. The lowest BCUT2D eigenvalue weighted by Gasteiger charge is -2.14. The second kappa shape index (κ2) is 13.9. The Labute approximate surface area is 156 Å². The zero-order valence-corrected chi connectivity index (χ0v) is 16.2. The Morgan fingerprint density at radius 3 is 2.35 bits per heavy atom. The van der Waals surface area contributed by atoms with E-state index < -0.39 is 0 Å². The molecule has 0 saturated carbocycles. The fourth-order valence-electron chi connectivity index (χ4n) is 1.97. The molecular formula is C19H32N4O3. The summed E-state index contributed by atoms with van der Waals surface area (Å²) >= 11 is 0. The number of aliphatic imine (C=N–C) groups is 1. The van der Waals surface area contributed by atoms with Gasteiger partial charge in [-0.15, -0.1) is 0 Å². The number of guanidine groups is 1. The van der Waals surface area contributed by atoms with Crippen molar-refractivity contribution in [2.45, 2.75) is 19.8 Å². The van der Waals surface area contributed by atoms with E-state index in [9.17, 15) is 4.79 Å². The number of para-hydroxylation sites is 1. The second-order valence-electron chi connectivity index (χ2n) is 5.87. The third kappa shape index (κ3) is 10.6. The molecule has 0 bridgehead atoms. The monoisotopic (exact) mass is 364 g/mol. The Morgan fingerprint density at radius 1 is 1.08 bits per heavy atom. The standard InChI is InChI=1S/C19H32N4O3/c1-4-25-14-8-12-20-19(22-16-18(24)23(2)3)21-13-9-15-26-17-10-6-5-7-11-17/h5-7,10-11H,4,8-9,12-16H2,1-3H3,(H2,20,21,22). The fraction of sp³-hybridized carbons (Fsp3) is 0.579. The summed E-state index contributed by atoms with van der Waals surface area (Å²) in [5.41, 5.74) is 0. The number of nitrogens with one attached hydrogen (secondary N) is 2. The number of carbonyl (C=O) groups is 1. The van der Waals surface area contributed by atoms with Crippen molar-refractivity contribution in [1.82, 2.24) is 15.5 Å². The summed E-state index contributed by atoms with van der Waals surface area (Å²) < 4.78 is 11.0. The highest BCUT2D eigenvalue weighted by Crippen LogP contribution is 2.07. The van der Waals surface area contributed by atoms with Crippen molar-refractivity contribution in [1.29, 1.82) is 0 Å². The molecule has 7 nitrogen and oxygen atoms in total. The molecule has 0 aliphatic carbocycles. The highest BCUT2D eigenvalue weighted by molar-refractivity contribution is 5.84. The van der Waals surface area contributed by atoms with Crippen LogP contribution in [0.25, 0.3) is 0 Å². The fourth-order valence-corrected chi connectivity index (χ4v) is 1.97. The minimum Gasteiger partial charge on any atom is -0.494 e. The molecular weight excluding hydrogens is 332 g/mol. The van der Waals surface area contributed by atoms with E-state index in [1.165, 1.54) is 4.90 Å². The van der Waals surface area contributed by atoms with Gasteiger partial charge in [0.05, 0.1) is 6.61 Å². The molecule has 0 aliphatic heterocycles. The molecule has 0 aromatic heterocycles. The predicted molar refractivity (Wildman–Crippen MR) is 105 cm³/mol. The molecule has 2 N–H and O–H groups in total. The topological polar surface area (TPSA) is 75.2 Å². The Kier molecular flexibility index (Phi) is 11.7. The number of hydrogen-bond acceptors (Lipinski definition) is 4. The molecule has 0 radical (unpaired) electrons. The number of carbonyl (C=O) groups excluding carboxylic acids is 1. The molecule has 1 rings (SSSR count). The maximum absolute atomic E-state index is 11.7. The first-order chi connectivity index (χ1) is 12.6. The lowest BCUT2D eigenvalue weighted by atomic mass is 10.3. The predicted octanol–water partition coefficient (Wildman–Crippen LogP) is 1.51. The summed E-state index contributed by atoms with van der Waals surface area (Å²) in [5.74, 6) is 1.47. The van der Waals surface area contributed by atoms with Crippen LogP contribution in [0, 0.1) is 0 Å². The quantitative estimate of drug-likeness (QED) is 0.334. The van der Waals surface area contributed by atoms with Crippen LogP contribution < -0.4 is 15.4 Å². The van der Waals surface area contributed by atoms with Gasteiger partial charge in [-0.3, -0.25) is 4.79 Å². The summed E-state index contributed by atoms with van der Waals surface area (Å²) in [5, 5.41) is 6.47. The molecule has 0 saturated heterocycles. The highest BCUT2D eigenvalue weighted by Gasteiger charge is 2.04. The van der Waals surface area contributed by atoms with Crippen LogP contribution in [0.4, 0.5) is 0 Å². The number of ether oxygens (including phenoxy) is 2. The molecule has 7 heteroatoms. The Balaban J connectivity index is 2.32. The number of benzene rings is 1. The lowest BCUT2D eigenvalue weighted by molar-refractivity contribution is -0.127. The van der Waals surface area contributed by atoms with Crippen molar-refractivity contribution in [2.75, 3.05) is 53.6 Å². The van der Waals surface area contributed by atoms with Gasteiger partial charge in [0, 0.05) is 40.4 Å². The first kappa shape index (κ1) is 21.8. The highest BCUT2D eigenvalue weighted by atomic mass is 16.5. The van der Waals surface area contributed by atoms with Crippen LogP contribution in [-0.2, 0) is 9.53 Å². The smallest absolute Gasteiger partial charge is 0.243 e. The third-order valence-corrected chi connectivity index (χ3v) is 3.46. The van der Waals surface area contributed by atoms with Crippen LogP contribution >= 0.6 is 0 Å². The van der Waals surface area contributed by atoms with Crippen LogP contribution in [0.5, 0.6) is 5.75 Å². The van der Waals surface area contributed by atoms with E-state index in [1.54, 1.807) is 14.1 Å². The van der Waals surface area contributed by atoms with Gasteiger partial charge in [-0.2, -0.15) is 0 Å². The molecule has 26 heavy (non-hydrogen) atoms. The molecule has 0 atom stereocenters. The van der Waals surface area contributed by atoms with E-state index in [4.69, 9.17) is 9.47 Å². The van der Waals surface area contributed by atoms with E-state index in [2.05, 4.69) is 15.6 Å². The van der Waals surface area contributed by atoms with Gasteiger partial charge >= 0.3 is 0 Å². The summed E-state index contributed by atoms with van der Waals surface area (Å²) in [6.07, 6.45) is 1.71. The molecule has 146 valence electrons. The van der Waals surface area contributed by atoms with Crippen LogP contribution in [0.3, 0.4) is 0 Å². The van der Waals surface area contributed by atoms with Gasteiger partial charge in [0.15, 0.2) is 5.96 Å². The summed E-state index contributed by atoms with van der Waals surface area (Å²) in [6, 6.07) is 9.74. The van der Waals surface area contributed by atoms with Gasteiger partial charge in [-0.1, -0.05) is 18.2 Å². The van der Waals surface area contributed by atoms with E-state index in [1.807, 2.05) is 37.3 Å². The maximum Gasteiger partial charge on any atom is 0.243 e. The minimum atomic E-state index is -0.0344. The molecule has 0 spiro atoms. The molecule has 1 aromatic rings. The van der Waals surface area contributed by atoms with Crippen LogP contribution in [-0.4, -0.2) is 70.3 Å². The Hall–Kier alpha value is -2.28. The number of rotatable bonds is 12. The second-order valence-corrected chi connectivity index (χ2v) is 5.87. The van der Waals surface area contributed by atoms with E-state index >= 15 is 0 Å². The summed E-state index contributed by atoms with van der Waals surface area (Å²) in [4.78, 5) is 17.6. The van der Waals surface area contributed by atoms with Crippen molar-refractivity contribution >= 4 is 11.9 Å². The number of amides is 1. The van der Waals surface area contributed by atoms with Gasteiger partial charge < -0.3 is 25.0 Å². The zero-order chi connectivity index (χ0) is 19.0. The zero-order valence-electron chi connectivity index (χ0n) is 16.2. The maximum atomic E-state index is 11.7. The van der Waals surface area contributed by atoms with Gasteiger partial charge in [0.2, 0.25) is 5.91 Å². The molecule has 0 heterocycles. The lowest BCUT2D eigenvalue weighted by Crippen LogP contribution is -2.40. The molecule has 1 amide bonds. The van der Waals surface area contributed by atoms with Crippen molar-refractivity contribution in [3.8, 4) is 5.75 Å². The molecule has 0 aliphatic rings. The van der Waals surface area contributed by atoms with Gasteiger partial charge in [0.1, 0.15) is 12.3 Å². The van der Waals surface area contributed by atoms with E-state index in [-0.39, 0.29) is 12.5 Å². The Morgan fingerprint density at radius 2 is 1.73 bits per heavy atom. The van der Waals surface area contributed by atoms with Gasteiger partial charge in [-0.25, -0.2) is 4.99 Å². The number of hydrogen-bond donors (Lipinski definition) is 2. The van der Waals surface area contributed by atoms with Crippen LogP contribution in [0.2, 0.25) is 0 Å². The van der Waals surface area contributed by atoms with E-state index in [0.29, 0.717) is 25.7 Å². The van der Waals surface area contributed by atoms with Crippen molar-refractivity contribution in [3.05, 3.63) is 30.3 Å². The van der Waals surface area contributed by atoms with Crippen LogP contribution in [0.15, 0.2) is 35.3 Å². The van der Waals surface area contributed by atoms with Crippen molar-refractivity contribution in [2.24, 2.45) is 4.99 Å². The van der Waals surface area contributed by atoms with Gasteiger partial charge in [0.25, 0.3) is 0 Å². The van der Waals surface area contributed by atoms with Gasteiger partial charge in [-0.05, 0) is 31.9 Å². The van der Waals surface area contributed by atoms with Crippen molar-refractivity contribution in [3.63, 3.8) is 0 Å². The summed E-state index contributed by atoms with van der Waals surface area (Å²) in [6.45, 7) is 5.59.